The van der Waals surface area contributed by atoms with Gasteiger partial charge in [0.05, 0.1) is 19.9 Å². The third-order valence-corrected chi connectivity index (χ3v) is 3.04. The van der Waals surface area contributed by atoms with E-state index in [0.717, 1.165) is 5.56 Å². The van der Waals surface area contributed by atoms with Crippen molar-refractivity contribution >= 4 is 12.1 Å². The lowest BCUT2D eigenvalue weighted by atomic mass is 10.2. The molecule has 0 aliphatic rings. The smallest absolute Gasteiger partial charge is 0.277 e. The third kappa shape index (κ3) is 5.01. The van der Waals surface area contributed by atoms with Crippen molar-refractivity contribution in [2.75, 3.05) is 20.3 Å². The maximum Gasteiger partial charge on any atom is 0.277 e. The van der Waals surface area contributed by atoms with Gasteiger partial charge in [0.1, 0.15) is 5.75 Å². The van der Waals surface area contributed by atoms with Gasteiger partial charge in [-0.05, 0) is 31.2 Å². The van der Waals surface area contributed by atoms with E-state index < -0.39 is 0 Å². The number of ether oxygens (including phenoxy) is 3. The summed E-state index contributed by atoms with van der Waals surface area (Å²) in [7, 11) is 1.58. The lowest BCUT2D eigenvalue weighted by molar-refractivity contribution is -0.123. The molecule has 0 bridgehead atoms. The Morgan fingerprint density at radius 3 is 2.33 bits per heavy atom. The van der Waals surface area contributed by atoms with Crippen LogP contribution in [0.4, 0.5) is 0 Å². The molecule has 2 rings (SSSR count). The molecule has 0 fully saturated rings. The fraction of sp³-hybridized carbons (Fsp3) is 0.222. The second kappa shape index (κ2) is 9.19. The zero-order chi connectivity index (χ0) is 17.2. The van der Waals surface area contributed by atoms with Gasteiger partial charge in [-0.3, -0.25) is 4.79 Å². The van der Waals surface area contributed by atoms with Crippen molar-refractivity contribution in [2.45, 2.75) is 6.92 Å². The lowest BCUT2D eigenvalue weighted by Crippen LogP contribution is -2.24. The highest BCUT2D eigenvalue weighted by molar-refractivity contribution is 5.85. The maximum atomic E-state index is 11.8. The maximum absolute atomic E-state index is 11.8. The van der Waals surface area contributed by atoms with E-state index in [-0.39, 0.29) is 12.5 Å². The first-order valence-electron chi connectivity index (χ1n) is 7.54. The number of benzene rings is 2. The average molecular weight is 328 g/mol. The zero-order valence-corrected chi connectivity index (χ0v) is 13.7. The third-order valence-electron chi connectivity index (χ3n) is 3.04. The van der Waals surface area contributed by atoms with E-state index in [4.69, 9.17) is 14.2 Å². The van der Waals surface area contributed by atoms with Crippen LogP contribution in [0.15, 0.2) is 53.6 Å². The number of amides is 1. The molecule has 2 aromatic carbocycles. The summed E-state index contributed by atoms with van der Waals surface area (Å²) in [5.74, 6) is 1.43. The SMILES string of the molecule is CCOc1ccccc1OCC(=O)NN=Cc1ccccc1OC. The Labute approximate surface area is 141 Å². The van der Waals surface area contributed by atoms with E-state index in [2.05, 4.69) is 10.5 Å². The van der Waals surface area contributed by atoms with Crippen LogP contribution in [0.5, 0.6) is 17.2 Å². The van der Waals surface area contributed by atoms with Crippen LogP contribution < -0.4 is 19.6 Å². The van der Waals surface area contributed by atoms with Gasteiger partial charge in [0.15, 0.2) is 18.1 Å². The first-order chi connectivity index (χ1) is 11.7. The summed E-state index contributed by atoms with van der Waals surface area (Å²) < 4.78 is 16.1. The molecule has 24 heavy (non-hydrogen) atoms. The average Bonchev–Trinajstić information content (AvgIpc) is 2.61. The Kier molecular flexibility index (Phi) is 6.64. The van der Waals surface area contributed by atoms with Gasteiger partial charge in [-0.1, -0.05) is 24.3 Å². The highest BCUT2D eigenvalue weighted by Crippen LogP contribution is 2.26. The molecule has 6 heteroatoms. The molecule has 0 unspecified atom stereocenters. The molecule has 126 valence electrons. The molecule has 0 heterocycles. The molecule has 0 spiro atoms. The highest BCUT2D eigenvalue weighted by Gasteiger charge is 2.06. The van der Waals surface area contributed by atoms with Gasteiger partial charge >= 0.3 is 0 Å². The summed E-state index contributed by atoms with van der Waals surface area (Å²) in [6.07, 6.45) is 1.52. The number of nitrogens with one attached hydrogen (secondary N) is 1. The largest absolute Gasteiger partial charge is 0.496 e. The molecular weight excluding hydrogens is 308 g/mol. The first kappa shape index (κ1) is 17.3. The Morgan fingerprint density at radius 1 is 1.04 bits per heavy atom. The van der Waals surface area contributed by atoms with Crippen molar-refractivity contribution in [2.24, 2.45) is 5.10 Å². The Balaban J connectivity index is 1.87. The normalized spacial score (nSPS) is 10.4. The van der Waals surface area contributed by atoms with Gasteiger partial charge in [0.2, 0.25) is 0 Å². The van der Waals surface area contributed by atoms with Gasteiger partial charge in [-0.25, -0.2) is 5.43 Å². The van der Waals surface area contributed by atoms with Crippen molar-refractivity contribution < 1.29 is 19.0 Å². The van der Waals surface area contributed by atoms with E-state index in [1.54, 1.807) is 19.2 Å². The minimum atomic E-state index is -0.368. The predicted molar refractivity (Wildman–Crippen MR) is 91.8 cm³/mol. The summed E-state index contributed by atoms with van der Waals surface area (Å²) >= 11 is 0. The second-order valence-corrected chi connectivity index (χ2v) is 4.70. The first-order valence-corrected chi connectivity index (χ1v) is 7.54. The minimum absolute atomic E-state index is 0.159. The molecule has 1 amide bonds. The molecule has 0 atom stereocenters. The monoisotopic (exact) mass is 328 g/mol. The lowest BCUT2D eigenvalue weighted by Gasteiger charge is -2.10. The number of hydrogen-bond donors (Lipinski definition) is 1. The molecule has 6 nitrogen and oxygen atoms in total. The molecule has 0 radical (unpaired) electrons. The number of nitrogens with zero attached hydrogens (tertiary/aromatic N) is 1. The van der Waals surface area contributed by atoms with E-state index in [1.807, 2.05) is 43.3 Å². The standard InChI is InChI=1S/C18H20N2O4/c1-3-23-16-10-6-7-11-17(16)24-13-18(21)20-19-12-14-8-4-5-9-15(14)22-2/h4-12H,3,13H2,1-2H3,(H,20,21). The van der Waals surface area contributed by atoms with Crippen LogP contribution >= 0.6 is 0 Å². The van der Waals surface area contributed by atoms with Crippen LogP contribution in [0.1, 0.15) is 12.5 Å². The molecule has 0 aromatic heterocycles. The number of hydrogen-bond acceptors (Lipinski definition) is 5. The number of hydrazone groups is 1. The van der Waals surface area contributed by atoms with E-state index in [1.165, 1.54) is 6.21 Å². The zero-order valence-electron chi connectivity index (χ0n) is 13.7. The summed E-state index contributed by atoms with van der Waals surface area (Å²) in [6.45, 7) is 2.25. The number of carbonyl (C=O) groups excluding carboxylic acids is 1. The molecule has 2 aromatic rings. The fourth-order valence-corrected chi connectivity index (χ4v) is 1.97. The van der Waals surface area contributed by atoms with Crippen molar-refractivity contribution in [3.63, 3.8) is 0 Å². The molecule has 0 aliphatic heterocycles. The second-order valence-electron chi connectivity index (χ2n) is 4.70. The molecule has 0 saturated carbocycles. The number of carbonyl (C=O) groups is 1. The Morgan fingerprint density at radius 2 is 1.67 bits per heavy atom. The molecule has 0 aliphatic carbocycles. The van der Waals surface area contributed by atoms with E-state index in [0.29, 0.717) is 23.9 Å². The highest BCUT2D eigenvalue weighted by atomic mass is 16.5. The van der Waals surface area contributed by atoms with Crippen LogP contribution in [-0.2, 0) is 4.79 Å². The number of rotatable bonds is 8. The van der Waals surface area contributed by atoms with Crippen LogP contribution in [-0.4, -0.2) is 32.4 Å². The summed E-state index contributed by atoms with van der Waals surface area (Å²) in [4.78, 5) is 11.8. The van der Waals surface area contributed by atoms with Crippen molar-refractivity contribution in [1.82, 2.24) is 5.43 Å². The van der Waals surface area contributed by atoms with Crippen molar-refractivity contribution in [1.29, 1.82) is 0 Å². The molecular formula is C18H20N2O4. The number of methoxy groups -OCH3 is 1. The van der Waals surface area contributed by atoms with Crippen LogP contribution in [0.3, 0.4) is 0 Å². The topological polar surface area (TPSA) is 69.2 Å². The number of para-hydroxylation sites is 3. The summed E-state index contributed by atoms with van der Waals surface area (Å²) in [5, 5.41) is 3.91. The Hall–Kier alpha value is -3.02. The predicted octanol–water partition coefficient (Wildman–Crippen LogP) is 2.62. The van der Waals surface area contributed by atoms with Crippen molar-refractivity contribution in [3.05, 3.63) is 54.1 Å². The Bertz CT molecular complexity index is 701. The van der Waals surface area contributed by atoms with Crippen molar-refractivity contribution in [3.8, 4) is 17.2 Å². The van der Waals surface area contributed by atoms with Gasteiger partial charge in [-0.15, -0.1) is 0 Å². The van der Waals surface area contributed by atoms with E-state index >= 15 is 0 Å². The van der Waals surface area contributed by atoms with Gasteiger partial charge in [0, 0.05) is 5.56 Å². The van der Waals surface area contributed by atoms with Gasteiger partial charge in [0.25, 0.3) is 5.91 Å². The van der Waals surface area contributed by atoms with Crippen LogP contribution in [0.25, 0.3) is 0 Å². The molecule has 0 saturated heterocycles. The minimum Gasteiger partial charge on any atom is -0.496 e. The molecule has 1 N–H and O–H groups in total. The summed E-state index contributed by atoms with van der Waals surface area (Å²) in [6, 6.07) is 14.6. The van der Waals surface area contributed by atoms with Crippen LogP contribution in [0.2, 0.25) is 0 Å². The summed E-state index contributed by atoms with van der Waals surface area (Å²) in [5.41, 5.74) is 3.18. The van der Waals surface area contributed by atoms with E-state index in [9.17, 15) is 4.79 Å². The van der Waals surface area contributed by atoms with Gasteiger partial charge < -0.3 is 14.2 Å². The fourth-order valence-electron chi connectivity index (χ4n) is 1.97. The quantitative estimate of drug-likeness (QED) is 0.597. The van der Waals surface area contributed by atoms with Crippen LogP contribution in [0, 0.1) is 0 Å². The van der Waals surface area contributed by atoms with Gasteiger partial charge in [-0.2, -0.15) is 5.10 Å².